The van der Waals surface area contributed by atoms with Gasteiger partial charge in [-0.25, -0.2) is 0 Å². The van der Waals surface area contributed by atoms with Gasteiger partial charge in [0.25, 0.3) is 0 Å². The number of carbonyl (C=O) groups is 1. The van der Waals surface area contributed by atoms with Gasteiger partial charge in [0.1, 0.15) is 5.75 Å². The number of nitrogens with one attached hydrogen (secondary N) is 1. The molecule has 94 valence electrons. The Balaban J connectivity index is 2.93. The molecule has 1 amide bonds. The lowest BCUT2D eigenvalue weighted by atomic mass is 10.0. The number of amides is 1. The molecular weight excluding hydrogens is 214 g/mol. The van der Waals surface area contributed by atoms with Gasteiger partial charge in [0.2, 0.25) is 5.91 Å². The maximum absolute atomic E-state index is 11.7. The first-order valence-electron chi connectivity index (χ1n) is 5.87. The molecule has 0 atom stereocenters. The third-order valence-electron chi connectivity index (χ3n) is 2.50. The van der Waals surface area contributed by atoms with E-state index in [0.717, 1.165) is 22.4 Å². The molecule has 0 aromatic heterocycles. The van der Waals surface area contributed by atoms with Crippen LogP contribution in [0, 0.1) is 13.8 Å². The number of rotatable bonds is 4. The van der Waals surface area contributed by atoms with E-state index >= 15 is 0 Å². The quantitative estimate of drug-likeness (QED) is 0.870. The van der Waals surface area contributed by atoms with Crippen LogP contribution in [-0.2, 0) is 11.2 Å². The number of hydrogen-bond donors (Lipinski definition) is 1. The normalized spacial score (nSPS) is 10.5. The molecule has 0 fully saturated rings. The number of methoxy groups -OCH3 is 1. The van der Waals surface area contributed by atoms with Gasteiger partial charge in [0.05, 0.1) is 13.5 Å². The number of hydrogen-bond acceptors (Lipinski definition) is 2. The zero-order valence-electron chi connectivity index (χ0n) is 11.3. The monoisotopic (exact) mass is 235 g/mol. The van der Waals surface area contributed by atoms with Gasteiger partial charge in [-0.1, -0.05) is 17.7 Å². The van der Waals surface area contributed by atoms with E-state index in [1.807, 2.05) is 33.8 Å². The summed E-state index contributed by atoms with van der Waals surface area (Å²) in [5, 5.41) is 2.89. The number of ether oxygens (including phenoxy) is 1. The van der Waals surface area contributed by atoms with Crippen LogP contribution in [0.3, 0.4) is 0 Å². The standard InChI is InChI=1S/C14H21NO2/c1-9(2)15-13(16)8-12-7-10(3)6-11(4)14(12)17-5/h6-7,9H,8H2,1-5H3,(H,15,16). The highest BCUT2D eigenvalue weighted by molar-refractivity contribution is 5.79. The maximum atomic E-state index is 11.7. The van der Waals surface area contributed by atoms with Gasteiger partial charge in [-0.05, 0) is 33.3 Å². The lowest BCUT2D eigenvalue weighted by Crippen LogP contribution is -2.31. The predicted molar refractivity (Wildman–Crippen MR) is 69.5 cm³/mol. The summed E-state index contributed by atoms with van der Waals surface area (Å²) in [6, 6.07) is 4.23. The molecule has 1 aromatic rings. The second kappa shape index (κ2) is 5.71. The third-order valence-corrected chi connectivity index (χ3v) is 2.50. The van der Waals surface area contributed by atoms with Gasteiger partial charge in [0, 0.05) is 11.6 Å². The molecular formula is C14H21NO2. The van der Waals surface area contributed by atoms with Crippen molar-refractivity contribution in [2.45, 2.75) is 40.2 Å². The lowest BCUT2D eigenvalue weighted by Gasteiger charge is -2.14. The second-order valence-electron chi connectivity index (χ2n) is 4.67. The van der Waals surface area contributed by atoms with Crippen LogP contribution in [0.15, 0.2) is 12.1 Å². The molecule has 0 spiro atoms. The van der Waals surface area contributed by atoms with Crippen molar-refractivity contribution in [2.75, 3.05) is 7.11 Å². The van der Waals surface area contributed by atoms with Gasteiger partial charge in [-0.3, -0.25) is 4.79 Å². The van der Waals surface area contributed by atoms with Gasteiger partial charge >= 0.3 is 0 Å². The first-order valence-corrected chi connectivity index (χ1v) is 5.87. The van der Waals surface area contributed by atoms with Crippen molar-refractivity contribution in [1.82, 2.24) is 5.32 Å². The van der Waals surface area contributed by atoms with Gasteiger partial charge in [-0.2, -0.15) is 0 Å². The average molecular weight is 235 g/mol. The minimum absolute atomic E-state index is 0.0308. The molecule has 17 heavy (non-hydrogen) atoms. The first-order chi connectivity index (χ1) is 7.93. The lowest BCUT2D eigenvalue weighted by molar-refractivity contribution is -0.120. The highest BCUT2D eigenvalue weighted by Crippen LogP contribution is 2.25. The van der Waals surface area contributed by atoms with E-state index in [0.29, 0.717) is 6.42 Å². The van der Waals surface area contributed by atoms with Crippen molar-refractivity contribution in [1.29, 1.82) is 0 Å². The Bertz CT molecular complexity index is 411. The Labute approximate surface area is 103 Å². The zero-order valence-corrected chi connectivity index (χ0v) is 11.3. The third kappa shape index (κ3) is 3.77. The van der Waals surface area contributed by atoms with E-state index in [4.69, 9.17) is 4.74 Å². The number of carbonyl (C=O) groups excluding carboxylic acids is 1. The van der Waals surface area contributed by atoms with Crippen LogP contribution in [0.5, 0.6) is 5.75 Å². The average Bonchev–Trinajstić information content (AvgIpc) is 2.15. The Morgan fingerprint density at radius 2 is 2.00 bits per heavy atom. The van der Waals surface area contributed by atoms with Crippen molar-refractivity contribution in [3.8, 4) is 5.75 Å². The molecule has 0 radical (unpaired) electrons. The molecule has 1 rings (SSSR count). The summed E-state index contributed by atoms with van der Waals surface area (Å²) in [5.74, 6) is 0.845. The van der Waals surface area contributed by atoms with Crippen molar-refractivity contribution in [2.24, 2.45) is 0 Å². The van der Waals surface area contributed by atoms with Gasteiger partial charge in [-0.15, -0.1) is 0 Å². The van der Waals surface area contributed by atoms with E-state index in [-0.39, 0.29) is 11.9 Å². The Morgan fingerprint density at radius 1 is 1.35 bits per heavy atom. The van der Waals surface area contributed by atoms with E-state index in [1.165, 1.54) is 0 Å². The summed E-state index contributed by atoms with van der Waals surface area (Å²) >= 11 is 0. The molecule has 0 bridgehead atoms. The largest absolute Gasteiger partial charge is 0.496 e. The van der Waals surface area contributed by atoms with Crippen molar-refractivity contribution in [3.63, 3.8) is 0 Å². The molecule has 0 unspecified atom stereocenters. The molecule has 0 aliphatic rings. The van der Waals surface area contributed by atoms with Gasteiger partial charge in [0.15, 0.2) is 0 Å². The Hall–Kier alpha value is -1.51. The second-order valence-corrected chi connectivity index (χ2v) is 4.67. The fraction of sp³-hybridized carbons (Fsp3) is 0.500. The van der Waals surface area contributed by atoms with Crippen molar-refractivity contribution in [3.05, 3.63) is 28.8 Å². The summed E-state index contributed by atoms with van der Waals surface area (Å²) in [4.78, 5) is 11.7. The molecule has 0 heterocycles. The van der Waals surface area contributed by atoms with E-state index in [2.05, 4.69) is 11.4 Å². The van der Waals surface area contributed by atoms with Gasteiger partial charge < -0.3 is 10.1 Å². The molecule has 0 saturated carbocycles. The summed E-state index contributed by atoms with van der Waals surface area (Å²) < 4.78 is 5.36. The van der Waals surface area contributed by atoms with Crippen LogP contribution >= 0.6 is 0 Å². The van der Waals surface area contributed by atoms with E-state index in [9.17, 15) is 4.79 Å². The van der Waals surface area contributed by atoms with Crippen LogP contribution in [0.25, 0.3) is 0 Å². The predicted octanol–water partition coefficient (Wildman–Crippen LogP) is 2.38. The minimum Gasteiger partial charge on any atom is -0.496 e. The summed E-state index contributed by atoms with van der Waals surface area (Å²) in [7, 11) is 1.64. The molecule has 0 aliphatic heterocycles. The maximum Gasteiger partial charge on any atom is 0.224 e. The smallest absolute Gasteiger partial charge is 0.224 e. The van der Waals surface area contributed by atoms with Crippen molar-refractivity contribution >= 4 is 5.91 Å². The zero-order chi connectivity index (χ0) is 13.0. The molecule has 0 saturated heterocycles. The van der Waals surface area contributed by atoms with Crippen LogP contribution in [0.4, 0.5) is 0 Å². The van der Waals surface area contributed by atoms with Crippen LogP contribution in [0.1, 0.15) is 30.5 Å². The van der Waals surface area contributed by atoms with Crippen LogP contribution in [0.2, 0.25) is 0 Å². The highest BCUT2D eigenvalue weighted by atomic mass is 16.5. The Morgan fingerprint density at radius 3 is 2.53 bits per heavy atom. The SMILES string of the molecule is COc1c(C)cc(C)cc1CC(=O)NC(C)C. The minimum atomic E-state index is 0.0308. The van der Waals surface area contributed by atoms with Crippen LogP contribution in [-0.4, -0.2) is 19.1 Å². The molecule has 0 aliphatic carbocycles. The Kier molecular flexibility index (Phi) is 4.55. The molecule has 3 heteroatoms. The topological polar surface area (TPSA) is 38.3 Å². The number of aryl methyl sites for hydroxylation is 2. The first kappa shape index (κ1) is 13.6. The van der Waals surface area contributed by atoms with Crippen LogP contribution < -0.4 is 10.1 Å². The fourth-order valence-corrected chi connectivity index (χ4v) is 2.01. The molecule has 1 N–H and O–H groups in total. The highest BCUT2D eigenvalue weighted by Gasteiger charge is 2.12. The fourth-order valence-electron chi connectivity index (χ4n) is 2.01. The number of benzene rings is 1. The molecule has 1 aromatic carbocycles. The summed E-state index contributed by atoms with van der Waals surface area (Å²) in [6.45, 7) is 7.93. The molecule has 3 nitrogen and oxygen atoms in total. The van der Waals surface area contributed by atoms with E-state index < -0.39 is 0 Å². The van der Waals surface area contributed by atoms with Crippen molar-refractivity contribution < 1.29 is 9.53 Å². The van der Waals surface area contributed by atoms with E-state index in [1.54, 1.807) is 7.11 Å². The summed E-state index contributed by atoms with van der Waals surface area (Å²) in [6.07, 6.45) is 0.365. The summed E-state index contributed by atoms with van der Waals surface area (Å²) in [5.41, 5.74) is 3.17.